The Bertz CT molecular complexity index is 502. The Morgan fingerprint density at radius 3 is 2.68 bits per heavy atom. The zero-order valence-electron chi connectivity index (χ0n) is 13.1. The highest BCUT2D eigenvalue weighted by Crippen LogP contribution is 2.12. The van der Waals surface area contributed by atoms with Crippen LogP contribution in [0.3, 0.4) is 0 Å². The van der Waals surface area contributed by atoms with Crippen LogP contribution in [0.4, 0.5) is 0 Å². The molecule has 1 unspecified atom stereocenters. The molecule has 0 aliphatic heterocycles. The lowest BCUT2D eigenvalue weighted by Crippen LogP contribution is -2.42. The average Bonchev–Trinajstić information content (AvgIpc) is 2.97. The molecule has 0 bridgehead atoms. The Labute approximate surface area is 134 Å². The Balaban J connectivity index is 2.64. The fourth-order valence-electron chi connectivity index (χ4n) is 1.97. The minimum absolute atomic E-state index is 0.0662. The normalized spacial score (nSPS) is 11.6. The highest BCUT2D eigenvalue weighted by Gasteiger charge is 2.21. The number of nitrogens with zero attached hydrogens (tertiary/aromatic N) is 1. The van der Waals surface area contributed by atoms with Gasteiger partial charge in [-0.2, -0.15) is 0 Å². The van der Waals surface area contributed by atoms with E-state index in [2.05, 4.69) is 5.32 Å². The number of thiophene rings is 1. The number of rotatable bonds is 8. The third-order valence-electron chi connectivity index (χ3n) is 3.11. The molecule has 7 heteroatoms. The number of esters is 1. The third-order valence-corrected chi connectivity index (χ3v) is 3.99. The van der Waals surface area contributed by atoms with Gasteiger partial charge in [0.25, 0.3) is 0 Å². The monoisotopic (exact) mass is 326 g/mol. The first kappa shape index (κ1) is 18.2. The molecule has 1 rings (SSSR count). The van der Waals surface area contributed by atoms with E-state index in [1.54, 1.807) is 11.8 Å². The van der Waals surface area contributed by atoms with E-state index in [1.165, 1.54) is 25.4 Å². The molecular weight excluding hydrogens is 304 g/mol. The van der Waals surface area contributed by atoms with Gasteiger partial charge >= 0.3 is 5.97 Å². The maximum Gasteiger partial charge on any atom is 0.310 e. The molecule has 0 aliphatic rings. The van der Waals surface area contributed by atoms with Gasteiger partial charge in [0.2, 0.25) is 11.8 Å². The number of nitrogens with one attached hydrogen (secondary N) is 1. The van der Waals surface area contributed by atoms with Crippen LogP contribution in [0.5, 0.6) is 0 Å². The predicted molar refractivity (Wildman–Crippen MR) is 84.5 cm³/mol. The summed E-state index contributed by atoms with van der Waals surface area (Å²) in [5.74, 6) is -0.974. The quantitative estimate of drug-likeness (QED) is 0.725. The second-order valence-corrected chi connectivity index (χ2v) is 6.04. The Morgan fingerprint density at radius 1 is 1.41 bits per heavy atom. The van der Waals surface area contributed by atoms with Gasteiger partial charge in [-0.3, -0.25) is 14.4 Å². The summed E-state index contributed by atoms with van der Waals surface area (Å²) >= 11 is 1.52. The molecule has 6 nitrogen and oxygen atoms in total. The molecule has 1 heterocycles. The molecule has 122 valence electrons. The average molecular weight is 326 g/mol. The van der Waals surface area contributed by atoms with Gasteiger partial charge in [0, 0.05) is 31.4 Å². The lowest BCUT2D eigenvalue weighted by Gasteiger charge is -2.25. The summed E-state index contributed by atoms with van der Waals surface area (Å²) in [6, 6.07) is 3.80. The van der Waals surface area contributed by atoms with Crippen LogP contribution in [-0.2, 0) is 25.5 Å². The molecule has 0 saturated carbocycles. The number of amides is 2. The standard InChI is InChI=1S/C15H22N2O4S/c1-11(15(20)21-3)10-17(7-6-16-12(2)18)14(19)9-13-5-4-8-22-13/h4-5,8,11H,6-7,9-10H2,1-3H3,(H,16,18). The molecule has 1 aromatic rings. The molecule has 0 saturated heterocycles. The van der Waals surface area contributed by atoms with Crippen molar-refractivity contribution in [1.29, 1.82) is 0 Å². The van der Waals surface area contributed by atoms with Crippen LogP contribution in [0.1, 0.15) is 18.7 Å². The van der Waals surface area contributed by atoms with E-state index in [1.807, 2.05) is 17.5 Å². The van der Waals surface area contributed by atoms with Crippen molar-refractivity contribution in [3.63, 3.8) is 0 Å². The van der Waals surface area contributed by atoms with Gasteiger partial charge in [-0.05, 0) is 11.4 Å². The van der Waals surface area contributed by atoms with Crippen molar-refractivity contribution in [2.24, 2.45) is 5.92 Å². The van der Waals surface area contributed by atoms with Crippen molar-refractivity contribution in [3.8, 4) is 0 Å². The summed E-state index contributed by atoms with van der Waals surface area (Å²) in [7, 11) is 1.33. The summed E-state index contributed by atoms with van der Waals surface area (Å²) in [5, 5.41) is 4.58. The Morgan fingerprint density at radius 2 is 2.14 bits per heavy atom. The number of carbonyl (C=O) groups is 3. The van der Waals surface area contributed by atoms with E-state index in [0.717, 1.165) is 4.88 Å². The molecule has 1 aromatic heterocycles. The van der Waals surface area contributed by atoms with Crippen molar-refractivity contribution < 1.29 is 19.1 Å². The van der Waals surface area contributed by atoms with Crippen LogP contribution in [0, 0.1) is 5.92 Å². The minimum atomic E-state index is -0.408. The van der Waals surface area contributed by atoms with E-state index in [-0.39, 0.29) is 24.3 Å². The lowest BCUT2D eigenvalue weighted by molar-refractivity contribution is -0.146. The van der Waals surface area contributed by atoms with Crippen LogP contribution in [0.15, 0.2) is 17.5 Å². The molecule has 0 aromatic carbocycles. The first-order chi connectivity index (χ1) is 10.4. The zero-order chi connectivity index (χ0) is 16.5. The Kier molecular flexibility index (Phi) is 7.59. The van der Waals surface area contributed by atoms with Crippen LogP contribution < -0.4 is 5.32 Å². The van der Waals surface area contributed by atoms with E-state index in [0.29, 0.717) is 19.5 Å². The van der Waals surface area contributed by atoms with Gasteiger partial charge in [-0.1, -0.05) is 13.0 Å². The topological polar surface area (TPSA) is 75.7 Å². The van der Waals surface area contributed by atoms with Gasteiger partial charge in [-0.25, -0.2) is 0 Å². The molecule has 0 radical (unpaired) electrons. The third kappa shape index (κ3) is 6.26. The summed E-state index contributed by atoms with van der Waals surface area (Å²) in [5.41, 5.74) is 0. The van der Waals surface area contributed by atoms with E-state index in [4.69, 9.17) is 4.74 Å². The molecule has 2 amide bonds. The molecule has 0 fully saturated rings. The van der Waals surface area contributed by atoms with Gasteiger partial charge < -0.3 is 15.0 Å². The maximum atomic E-state index is 12.4. The van der Waals surface area contributed by atoms with Crippen LogP contribution in [0.2, 0.25) is 0 Å². The van der Waals surface area contributed by atoms with Crippen molar-refractivity contribution in [2.45, 2.75) is 20.3 Å². The maximum absolute atomic E-state index is 12.4. The van der Waals surface area contributed by atoms with Crippen LogP contribution in [0.25, 0.3) is 0 Å². The molecule has 0 spiro atoms. The van der Waals surface area contributed by atoms with Crippen molar-refractivity contribution >= 4 is 29.1 Å². The lowest BCUT2D eigenvalue weighted by atomic mass is 10.1. The van der Waals surface area contributed by atoms with Crippen molar-refractivity contribution in [3.05, 3.63) is 22.4 Å². The predicted octanol–water partition coefficient (Wildman–Crippen LogP) is 1.06. The first-order valence-electron chi connectivity index (χ1n) is 7.06. The highest BCUT2D eigenvalue weighted by atomic mass is 32.1. The second-order valence-electron chi connectivity index (χ2n) is 5.00. The van der Waals surface area contributed by atoms with Gasteiger partial charge in [0.05, 0.1) is 19.4 Å². The molecule has 0 aliphatic carbocycles. The van der Waals surface area contributed by atoms with Crippen molar-refractivity contribution in [1.82, 2.24) is 10.2 Å². The number of carbonyl (C=O) groups excluding carboxylic acids is 3. The summed E-state index contributed by atoms with van der Waals surface area (Å²) in [4.78, 5) is 37.4. The summed E-state index contributed by atoms with van der Waals surface area (Å²) in [6.45, 7) is 4.14. The van der Waals surface area contributed by atoms with E-state index in [9.17, 15) is 14.4 Å². The number of ether oxygens (including phenoxy) is 1. The highest BCUT2D eigenvalue weighted by molar-refractivity contribution is 7.10. The zero-order valence-corrected chi connectivity index (χ0v) is 13.9. The molecule has 1 atom stereocenters. The fourth-order valence-corrected chi connectivity index (χ4v) is 2.66. The smallest absolute Gasteiger partial charge is 0.310 e. The summed E-state index contributed by atoms with van der Waals surface area (Å²) in [6.07, 6.45) is 0.297. The molecule has 22 heavy (non-hydrogen) atoms. The van der Waals surface area contributed by atoms with E-state index < -0.39 is 5.92 Å². The van der Waals surface area contributed by atoms with Gasteiger partial charge in [0.1, 0.15) is 0 Å². The van der Waals surface area contributed by atoms with E-state index >= 15 is 0 Å². The van der Waals surface area contributed by atoms with Gasteiger partial charge in [-0.15, -0.1) is 11.3 Å². The fraction of sp³-hybridized carbons (Fsp3) is 0.533. The van der Waals surface area contributed by atoms with Crippen LogP contribution in [-0.4, -0.2) is 49.4 Å². The Hall–Kier alpha value is -1.89. The molecule has 1 N–H and O–H groups in total. The number of hydrogen-bond donors (Lipinski definition) is 1. The second kappa shape index (κ2) is 9.19. The minimum Gasteiger partial charge on any atom is -0.469 e. The first-order valence-corrected chi connectivity index (χ1v) is 7.94. The van der Waals surface area contributed by atoms with Crippen molar-refractivity contribution in [2.75, 3.05) is 26.7 Å². The SMILES string of the molecule is COC(=O)C(C)CN(CCNC(C)=O)C(=O)Cc1cccs1. The largest absolute Gasteiger partial charge is 0.469 e. The summed E-state index contributed by atoms with van der Waals surface area (Å²) < 4.78 is 4.70. The number of hydrogen-bond acceptors (Lipinski definition) is 5. The number of methoxy groups -OCH3 is 1. The van der Waals surface area contributed by atoms with Gasteiger partial charge in [0.15, 0.2) is 0 Å². The van der Waals surface area contributed by atoms with Crippen LogP contribution >= 0.6 is 11.3 Å². The molecular formula is C15H22N2O4S.